The zero-order chi connectivity index (χ0) is 17.5. The normalized spacial score (nSPS) is 15.2. The second-order valence-electron chi connectivity index (χ2n) is 3.46. The van der Waals surface area contributed by atoms with Gasteiger partial charge in [0.05, 0.1) is 0 Å². The van der Waals surface area contributed by atoms with E-state index in [1.165, 1.54) is 0 Å². The van der Waals surface area contributed by atoms with Gasteiger partial charge in [-0.15, -0.1) is 0 Å². The molecule has 0 aliphatic carbocycles. The fraction of sp³-hybridized carbons (Fsp3) is 0.857. The summed E-state index contributed by atoms with van der Waals surface area (Å²) in [6.07, 6.45) is -13.9. The van der Waals surface area contributed by atoms with Gasteiger partial charge in [-0.2, -0.15) is 48.3 Å². The number of aliphatic carboxylic acids is 1. The Labute approximate surface area is 107 Å². The van der Waals surface area contributed by atoms with Crippen LogP contribution in [0.1, 0.15) is 0 Å². The number of alkyl halides is 11. The minimum absolute atomic E-state index is 2.31. The van der Waals surface area contributed by atoms with E-state index in [0.29, 0.717) is 0 Å². The molecule has 21 heavy (non-hydrogen) atoms. The zero-order valence-corrected chi connectivity index (χ0v) is 9.13. The lowest BCUT2D eigenvalue weighted by Gasteiger charge is -2.33. The third-order valence-corrected chi connectivity index (χ3v) is 1.86. The number of ether oxygens (including phenoxy) is 1. The lowest BCUT2D eigenvalue weighted by Crippen LogP contribution is -2.62. The molecule has 0 rings (SSSR count). The van der Waals surface area contributed by atoms with E-state index in [1.807, 2.05) is 0 Å². The average Bonchev–Trinajstić information content (AvgIpc) is 2.24. The highest BCUT2D eigenvalue weighted by Gasteiger charge is 2.83. The number of halogens is 11. The van der Waals surface area contributed by atoms with Crippen LogP contribution in [0.25, 0.3) is 0 Å². The van der Waals surface area contributed by atoms with Crippen LogP contribution in [0.2, 0.25) is 0 Å². The lowest BCUT2D eigenvalue weighted by molar-refractivity contribution is -0.447. The molecule has 0 fully saturated rings. The molecule has 0 unspecified atom stereocenters. The highest BCUT2D eigenvalue weighted by atomic mass is 19.4. The quantitative estimate of drug-likeness (QED) is 0.753. The topological polar surface area (TPSA) is 46.5 Å². The van der Waals surface area contributed by atoms with Crippen LogP contribution < -0.4 is 0 Å². The van der Waals surface area contributed by atoms with Crippen molar-refractivity contribution in [3.63, 3.8) is 0 Å². The molecule has 1 N–H and O–H groups in total. The predicted molar refractivity (Wildman–Crippen MR) is 39.4 cm³/mol. The van der Waals surface area contributed by atoms with E-state index in [2.05, 4.69) is 4.74 Å². The largest absolute Gasteiger partial charge is 0.477 e. The summed E-state index contributed by atoms with van der Waals surface area (Å²) in [4.78, 5) is 9.75. The summed E-state index contributed by atoms with van der Waals surface area (Å²) >= 11 is 0. The molecular weight excluding hydrogens is 341 g/mol. The molecule has 0 aliphatic rings. The molecule has 0 aromatic carbocycles. The van der Waals surface area contributed by atoms with Crippen molar-refractivity contribution in [2.45, 2.75) is 30.1 Å². The van der Waals surface area contributed by atoms with E-state index < -0.39 is 42.6 Å². The Morgan fingerprint density at radius 3 is 1.48 bits per heavy atom. The van der Waals surface area contributed by atoms with Gasteiger partial charge >= 0.3 is 36.0 Å². The van der Waals surface area contributed by atoms with Crippen molar-refractivity contribution in [1.29, 1.82) is 0 Å². The molecule has 0 aliphatic heterocycles. The van der Waals surface area contributed by atoms with Crippen LogP contribution >= 0.6 is 0 Å². The number of hydrogen-bond acceptors (Lipinski definition) is 2. The molecule has 3 nitrogen and oxygen atoms in total. The van der Waals surface area contributed by atoms with Crippen LogP contribution in [0.5, 0.6) is 0 Å². The zero-order valence-electron chi connectivity index (χ0n) is 9.13. The first-order chi connectivity index (χ1) is 8.90. The molecule has 0 radical (unpaired) electrons. The van der Waals surface area contributed by atoms with Crippen molar-refractivity contribution in [3.8, 4) is 0 Å². The SMILES string of the molecule is O=C(O)C(F)(F)COC(F)(F)C(F)(F)C(F)(F)C(F)(F)F. The molecule has 0 amide bonds. The van der Waals surface area contributed by atoms with E-state index in [1.54, 1.807) is 0 Å². The Kier molecular flexibility index (Phi) is 4.81. The first kappa shape index (κ1) is 19.7. The van der Waals surface area contributed by atoms with Crippen molar-refractivity contribution >= 4 is 5.97 Å². The summed E-state index contributed by atoms with van der Waals surface area (Å²) in [5.41, 5.74) is 0. The summed E-state index contributed by atoms with van der Waals surface area (Å²) in [5, 5.41) is 7.74. The van der Waals surface area contributed by atoms with Gasteiger partial charge in [-0.1, -0.05) is 0 Å². The molecule has 0 heterocycles. The lowest BCUT2D eigenvalue weighted by atomic mass is 10.1. The monoisotopic (exact) mass is 344 g/mol. The maximum Gasteiger partial charge on any atom is 0.460 e. The van der Waals surface area contributed by atoms with Crippen molar-refractivity contribution in [3.05, 3.63) is 0 Å². The van der Waals surface area contributed by atoms with Gasteiger partial charge in [-0.3, -0.25) is 0 Å². The van der Waals surface area contributed by atoms with Crippen LogP contribution in [-0.4, -0.2) is 47.7 Å². The van der Waals surface area contributed by atoms with E-state index in [4.69, 9.17) is 5.11 Å². The van der Waals surface area contributed by atoms with E-state index >= 15 is 0 Å². The maximum atomic E-state index is 12.5. The van der Waals surface area contributed by atoms with Gasteiger partial charge in [-0.25, -0.2) is 4.79 Å². The standard InChI is InChI=1S/C7H3F11O3/c8-3(9,2(19)20)1-21-7(17,18)5(12,13)4(10,11)6(14,15)16/h1H2,(H,19,20). The second-order valence-corrected chi connectivity index (χ2v) is 3.46. The molecule has 14 heteroatoms. The van der Waals surface area contributed by atoms with Gasteiger partial charge in [-0.05, 0) is 0 Å². The van der Waals surface area contributed by atoms with Crippen LogP contribution in [0.4, 0.5) is 48.3 Å². The van der Waals surface area contributed by atoms with Gasteiger partial charge in [0, 0.05) is 0 Å². The van der Waals surface area contributed by atoms with Gasteiger partial charge in [0.1, 0.15) is 6.61 Å². The summed E-state index contributed by atoms with van der Waals surface area (Å²) in [7, 11) is 0. The number of hydrogen-bond donors (Lipinski definition) is 1. The fourth-order valence-electron chi connectivity index (χ4n) is 0.694. The van der Waals surface area contributed by atoms with Crippen molar-refractivity contribution in [2.75, 3.05) is 6.61 Å². The minimum Gasteiger partial charge on any atom is -0.477 e. The molecule has 0 bridgehead atoms. The Bertz CT molecular complexity index is 399. The van der Waals surface area contributed by atoms with Crippen molar-refractivity contribution in [2.24, 2.45) is 0 Å². The smallest absolute Gasteiger partial charge is 0.460 e. The number of carboxylic acids is 1. The van der Waals surface area contributed by atoms with E-state index in [0.717, 1.165) is 0 Å². The summed E-state index contributed by atoms with van der Waals surface area (Å²) in [5.74, 6) is -22.9. The van der Waals surface area contributed by atoms with Crippen LogP contribution in [0.3, 0.4) is 0 Å². The van der Waals surface area contributed by atoms with E-state index in [9.17, 15) is 53.1 Å². The predicted octanol–water partition coefficient (Wildman–Crippen LogP) is 3.15. The van der Waals surface area contributed by atoms with Crippen LogP contribution in [0, 0.1) is 0 Å². The van der Waals surface area contributed by atoms with Crippen LogP contribution in [-0.2, 0) is 9.53 Å². The van der Waals surface area contributed by atoms with Crippen molar-refractivity contribution in [1.82, 2.24) is 0 Å². The Hall–Kier alpha value is -1.34. The number of carbonyl (C=O) groups is 1. The Balaban J connectivity index is 5.36. The molecule has 0 saturated heterocycles. The molecule has 126 valence electrons. The summed E-state index contributed by atoms with van der Waals surface area (Å²) in [6.45, 7) is -3.06. The third-order valence-electron chi connectivity index (χ3n) is 1.86. The van der Waals surface area contributed by atoms with Gasteiger partial charge < -0.3 is 9.84 Å². The molecular formula is C7H3F11O3. The summed E-state index contributed by atoms with van der Waals surface area (Å²) < 4.78 is 136. The Morgan fingerprint density at radius 2 is 1.19 bits per heavy atom. The highest BCUT2D eigenvalue weighted by Crippen LogP contribution is 2.53. The van der Waals surface area contributed by atoms with Gasteiger partial charge in [0.2, 0.25) is 0 Å². The van der Waals surface area contributed by atoms with Crippen molar-refractivity contribution < 1.29 is 62.9 Å². The second kappa shape index (κ2) is 5.14. The molecule has 0 aromatic rings. The van der Waals surface area contributed by atoms with Crippen LogP contribution in [0.15, 0.2) is 0 Å². The molecule has 0 atom stereocenters. The summed E-state index contributed by atoms with van der Waals surface area (Å²) in [6, 6.07) is 0. The fourth-order valence-corrected chi connectivity index (χ4v) is 0.694. The minimum atomic E-state index is -7.32. The molecule has 0 spiro atoms. The van der Waals surface area contributed by atoms with E-state index in [-0.39, 0.29) is 0 Å². The molecule has 0 aromatic heterocycles. The Morgan fingerprint density at radius 1 is 0.810 bits per heavy atom. The molecule has 0 saturated carbocycles. The first-order valence-electron chi connectivity index (χ1n) is 4.35. The highest BCUT2D eigenvalue weighted by molar-refractivity contribution is 5.75. The average molecular weight is 344 g/mol. The third kappa shape index (κ3) is 3.47. The van der Waals surface area contributed by atoms with Gasteiger partial charge in [0.15, 0.2) is 0 Å². The number of rotatable bonds is 6. The van der Waals surface area contributed by atoms with Gasteiger partial charge in [0.25, 0.3) is 0 Å². The maximum absolute atomic E-state index is 12.5. The first-order valence-corrected chi connectivity index (χ1v) is 4.35. The number of carboxylic acid groups (broad SMARTS) is 1.